The highest BCUT2D eigenvalue weighted by atomic mass is 32.2. The maximum absolute atomic E-state index is 11.8. The maximum Gasteiger partial charge on any atom is 0.325 e. The van der Waals surface area contributed by atoms with Crippen LogP contribution in [0.25, 0.3) is 0 Å². The Labute approximate surface area is 112 Å². The van der Waals surface area contributed by atoms with E-state index in [1.54, 1.807) is 16.4 Å². The Bertz CT molecular complexity index is 394. The average molecular weight is 271 g/mol. The molecule has 0 aromatic carbocycles. The van der Waals surface area contributed by atoms with Crippen LogP contribution in [0.2, 0.25) is 0 Å². The summed E-state index contributed by atoms with van der Waals surface area (Å²) in [5.41, 5.74) is -0.612. The minimum absolute atomic E-state index is 0.212. The van der Waals surface area contributed by atoms with Crippen molar-refractivity contribution in [1.29, 1.82) is 0 Å². The fourth-order valence-corrected chi connectivity index (χ4v) is 2.82. The van der Waals surface area contributed by atoms with E-state index in [0.29, 0.717) is 6.42 Å². The van der Waals surface area contributed by atoms with Gasteiger partial charge in [-0.15, -0.1) is 11.8 Å². The minimum Gasteiger partial charge on any atom is -0.468 e. The van der Waals surface area contributed by atoms with Crippen molar-refractivity contribution in [1.82, 2.24) is 15.1 Å². The Kier molecular flexibility index (Phi) is 5.68. The number of aryl methyl sites for hydroxylation is 1. The molecule has 0 fully saturated rings. The summed E-state index contributed by atoms with van der Waals surface area (Å²) >= 11 is 1.69. The zero-order valence-electron chi connectivity index (χ0n) is 11.4. The van der Waals surface area contributed by atoms with Crippen LogP contribution in [0.3, 0.4) is 0 Å². The molecular formula is C12H21N3O2S. The second-order valence-corrected chi connectivity index (χ2v) is 5.47. The number of aromatic nitrogens is 2. The van der Waals surface area contributed by atoms with Crippen LogP contribution >= 0.6 is 11.8 Å². The van der Waals surface area contributed by atoms with E-state index in [1.807, 2.05) is 33.3 Å². The molecule has 0 saturated heterocycles. The van der Waals surface area contributed by atoms with Gasteiger partial charge in [-0.3, -0.25) is 9.48 Å². The third kappa shape index (κ3) is 4.03. The molecule has 1 unspecified atom stereocenters. The largest absolute Gasteiger partial charge is 0.468 e. The van der Waals surface area contributed by atoms with Gasteiger partial charge in [0, 0.05) is 23.9 Å². The maximum atomic E-state index is 11.8. The van der Waals surface area contributed by atoms with Crippen LogP contribution in [0, 0.1) is 0 Å². The van der Waals surface area contributed by atoms with Crippen molar-refractivity contribution in [2.24, 2.45) is 7.05 Å². The predicted octanol–water partition coefficient (Wildman–Crippen LogP) is 1.44. The molecule has 0 aliphatic rings. The molecule has 1 atom stereocenters. The van der Waals surface area contributed by atoms with E-state index < -0.39 is 5.54 Å². The van der Waals surface area contributed by atoms with Gasteiger partial charge in [-0.05, 0) is 19.9 Å². The predicted molar refractivity (Wildman–Crippen MR) is 72.6 cm³/mol. The van der Waals surface area contributed by atoms with Crippen LogP contribution in [0.4, 0.5) is 0 Å². The van der Waals surface area contributed by atoms with E-state index in [9.17, 15) is 4.79 Å². The number of nitrogens with zero attached hydrogens (tertiary/aromatic N) is 2. The first-order valence-corrected chi connectivity index (χ1v) is 6.95. The van der Waals surface area contributed by atoms with Gasteiger partial charge in [0.1, 0.15) is 5.54 Å². The van der Waals surface area contributed by atoms with Crippen LogP contribution in [-0.4, -0.2) is 40.7 Å². The summed E-state index contributed by atoms with van der Waals surface area (Å²) in [5.74, 6) is 0.626. The van der Waals surface area contributed by atoms with Crippen molar-refractivity contribution in [3.8, 4) is 0 Å². The van der Waals surface area contributed by atoms with Crippen molar-refractivity contribution < 1.29 is 9.53 Å². The Balaban J connectivity index is 2.49. The van der Waals surface area contributed by atoms with E-state index in [1.165, 1.54) is 7.11 Å². The highest BCUT2D eigenvalue weighted by molar-refractivity contribution is 7.99. The summed E-state index contributed by atoms with van der Waals surface area (Å²) in [6.45, 7) is 4.60. The van der Waals surface area contributed by atoms with Crippen LogP contribution in [0.5, 0.6) is 0 Å². The number of carbonyl (C=O) groups is 1. The molecule has 0 radical (unpaired) electrons. The first kappa shape index (κ1) is 15.0. The zero-order chi connectivity index (χ0) is 13.6. The Morgan fingerprint density at radius 2 is 2.39 bits per heavy atom. The van der Waals surface area contributed by atoms with Gasteiger partial charge in [-0.25, -0.2) is 0 Å². The third-order valence-corrected chi connectivity index (χ3v) is 3.71. The molecule has 0 aliphatic carbocycles. The van der Waals surface area contributed by atoms with Crippen molar-refractivity contribution in [2.45, 2.75) is 30.7 Å². The molecule has 1 aromatic rings. The molecule has 1 rings (SSSR count). The Hall–Kier alpha value is -1.01. The Morgan fingerprint density at radius 3 is 2.89 bits per heavy atom. The molecule has 1 heterocycles. The molecule has 0 spiro atoms. The van der Waals surface area contributed by atoms with Crippen molar-refractivity contribution in [3.05, 3.63) is 12.4 Å². The Morgan fingerprint density at radius 1 is 1.67 bits per heavy atom. The quantitative estimate of drug-likeness (QED) is 0.601. The summed E-state index contributed by atoms with van der Waals surface area (Å²) < 4.78 is 6.62. The van der Waals surface area contributed by atoms with E-state index in [2.05, 4.69) is 10.4 Å². The van der Waals surface area contributed by atoms with Crippen molar-refractivity contribution in [2.75, 3.05) is 19.4 Å². The number of hydrogen-bond acceptors (Lipinski definition) is 5. The first-order valence-electron chi connectivity index (χ1n) is 5.96. The normalized spacial score (nSPS) is 14.2. The minimum atomic E-state index is -0.612. The van der Waals surface area contributed by atoms with E-state index in [-0.39, 0.29) is 5.97 Å². The number of rotatable bonds is 7. The summed E-state index contributed by atoms with van der Waals surface area (Å²) in [4.78, 5) is 12.9. The number of carbonyl (C=O) groups excluding carboxylic acids is 1. The van der Waals surface area contributed by atoms with Gasteiger partial charge >= 0.3 is 5.97 Å². The topological polar surface area (TPSA) is 56.2 Å². The molecule has 6 heteroatoms. The summed E-state index contributed by atoms with van der Waals surface area (Å²) in [7, 11) is 3.31. The fraction of sp³-hybridized carbons (Fsp3) is 0.667. The lowest BCUT2D eigenvalue weighted by Crippen LogP contribution is -2.50. The fourth-order valence-electron chi connectivity index (χ4n) is 1.72. The lowest BCUT2D eigenvalue weighted by molar-refractivity contribution is -0.147. The smallest absolute Gasteiger partial charge is 0.325 e. The monoisotopic (exact) mass is 271 g/mol. The molecule has 1 N–H and O–H groups in total. The summed E-state index contributed by atoms with van der Waals surface area (Å²) in [6.07, 6.45) is 4.51. The molecule has 1 aromatic heterocycles. The highest BCUT2D eigenvalue weighted by Gasteiger charge is 2.32. The van der Waals surface area contributed by atoms with Crippen molar-refractivity contribution in [3.63, 3.8) is 0 Å². The molecule has 0 saturated carbocycles. The van der Waals surface area contributed by atoms with E-state index in [4.69, 9.17) is 4.74 Å². The SMILES string of the molecule is CCNC(C)(CCSc1cnn(C)c1)C(=O)OC. The van der Waals surface area contributed by atoms with Gasteiger partial charge in [-0.1, -0.05) is 6.92 Å². The standard InChI is InChI=1S/C12H21N3O2S/c1-5-13-12(2,11(16)17-4)6-7-18-10-8-14-15(3)9-10/h8-9,13H,5-7H2,1-4H3. The van der Waals surface area contributed by atoms with E-state index in [0.717, 1.165) is 17.2 Å². The number of ether oxygens (including phenoxy) is 1. The van der Waals surface area contributed by atoms with E-state index >= 15 is 0 Å². The summed E-state index contributed by atoms with van der Waals surface area (Å²) in [6, 6.07) is 0. The van der Waals surface area contributed by atoms with Crippen LogP contribution in [-0.2, 0) is 16.6 Å². The molecule has 18 heavy (non-hydrogen) atoms. The number of hydrogen-bond donors (Lipinski definition) is 1. The lowest BCUT2D eigenvalue weighted by atomic mass is 9.99. The summed E-state index contributed by atoms with van der Waals surface area (Å²) in [5, 5.41) is 7.30. The second-order valence-electron chi connectivity index (χ2n) is 4.30. The molecular weight excluding hydrogens is 250 g/mol. The molecule has 0 amide bonds. The average Bonchev–Trinajstić information content (AvgIpc) is 2.74. The highest BCUT2D eigenvalue weighted by Crippen LogP contribution is 2.22. The number of thioether (sulfide) groups is 1. The second kappa shape index (κ2) is 6.80. The molecule has 102 valence electrons. The van der Waals surface area contributed by atoms with Gasteiger partial charge in [0.05, 0.1) is 13.3 Å². The van der Waals surface area contributed by atoms with Gasteiger partial charge in [-0.2, -0.15) is 5.10 Å². The van der Waals surface area contributed by atoms with Gasteiger partial charge < -0.3 is 10.1 Å². The molecule has 5 nitrogen and oxygen atoms in total. The first-order chi connectivity index (χ1) is 8.51. The van der Waals surface area contributed by atoms with Gasteiger partial charge in [0.2, 0.25) is 0 Å². The van der Waals surface area contributed by atoms with Crippen molar-refractivity contribution >= 4 is 17.7 Å². The number of nitrogens with one attached hydrogen (secondary N) is 1. The third-order valence-electron chi connectivity index (χ3n) is 2.75. The number of methoxy groups -OCH3 is 1. The number of likely N-dealkylation sites (N-methyl/N-ethyl adjacent to an activating group) is 1. The van der Waals surface area contributed by atoms with Gasteiger partial charge in [0.15, 0.2) is 0 Å². The molecule has 0 bridgehead atoms. The number of esters is 1. The van der Waals surface area contributed by atoms with Gasteiger partial charge in [0.25, 0.3) is 0 Å². The van der Waals surface area contributed by atoms with Crippen LogP contribution in [0.1, 0.15) is 20.3 Å². The van der Waals surface area contributed by atoms with Crippen LogP contribution in [0.15, 0.2) is 17.3 Å². The molecule has 0 aliphatic heterocycles. The van der Waals surface area contributed by atoms with Crippen LogP contribution < -0.4 is 5.32 Å². The zero-order valence-corrected chi connectivity index (χ0v) is 12.2. The lowest BCUT2D eigenvalue weighted by Gasteiger charge is -2.27.